The Bertz CT molecular complexity index is 745. The molecule has 0 amide bonds. The lowest BCUT2D eigenvalue weighted by atomic mass is 9.29. The molecule has 0 bridgehead atoms. The Balaban J connectivity index is 1.74. The van der Waals surface area contributed by atoms with E-state index in [0.717, 1.165) is 23.7 Å². The van der Waals surface area contributed by atoms with Crippen molar-refractivity contribution in [1.82, 2.24) is 0 Å². The van der Waals surface area contributed by atoms with Crippen LogP contribution in [0.25, 0.3) is 0 Å². The van der Waals surface area contributed by atoms with Gasteiger partial charge in [0.2, 0.25) is 0 Å². The summed E-state index contributed by atoms with van der Waals surface area (Å²) in [6.07, 6.45) is 21.5. The Kier molecular flexibility index (Phi) is 6.80. The molecule has 4 aliphatic carbocycles. The lowest BCUT2D eigenvalue weighted by molar-refractivity contribution is -0.239. The van der Waals surface area contributed by atoms with Crippen molar-refractivity contribution < 1.29 is 0 Å². The van der Waals surface area contributed by atoms with E-state index in [1.54, 1.807) is 0 Å². The molecule has 0 unspecified atom stereocenters. The fourth-order valence-corrected chi connectivity index (χ4v) is 11.6. The highest BCUT2D eigenvalue weighted by Gasteiger charge is 2.75. The van der Waals surface area contributed by atoms with Gasteiger partial charge < -0.3 is 0 Å². The lowest BCUT2D eigenvalue weighted by Crippen LogP contribution is -2.67. The van der Waals surface area contributed by atoms with E-state index >= 15 is 0 Å². The second kappa shape index (κ2) is 8.69. The number of fused-ring (bicyclic) bond motifs is 5. The van der Waals surface area contributed by atoms with Gasteiger partial charge in [-0.2, -0.15) is 0 Å². The zero-order valence-corrected chi connectivity index (χ0v) is 24.1. The maximum absolute atomic E-state index is 2.82. The van der Waals surface area contributed by atoms with Crippen LogP contribution in [0, 0.1) is 50.7 Å². The van der Waals surface area contributed by atoms with Gasteiger partial charge in [-0.05, 0) is 115 Å². The molecule has 4 aliphatic rings. The highest BCUT2D eigenvalue weighted by molar-refractivity contribution is 5.34. The van der Waals surface area contributed by atoms with Crippen LogP contribution in [0.3, 0.4) is 0 Å². The molecule has 3 fully saturated rings. The molecule has 0 aromatic heterocycles. The van der Waals surface area contributed by atoms with Crippen LogP contribution < -0.4 is 0 Å². The number of hydrogen-bond acceptors (Lipinski definition) is 0. The molecule has 0 saturated heterocycles. The van der Waals surface area contributed by atoms with Crippen molar-refractivity contribution in [2.45, 2.75) is 146 Å². The molecule has 0 radical (unpaired) electrons. The van der Waals surface area contributed by atoms with E-state index in [1.807, 2.05) is 5.57 Å². The summed E-state index contributed by atoms with van der Waals surface area (Å²) in [5.74, 6) is 3.56. The summed E-state index contributed by atoms with van der Waals surface area (Å²) in [7, 11) is 0. The molecular weight excluding hydrogens is 396 g/mol. The van der Waals surface area contributed by atoms with Gasteiger partial charge in [-0.15, -0.1) is 0 Å². The largest absolute Gasteiger partial charge is 0.0842 e. The van der Waals surface area contributed by atoms with Crippen molar-refractivity contribution in [2.24, 2.45) is 50.7 Å². The van der Waals surface area contributed by atoms with Crippen LogP contribution in [0.1, 0.15) is 146 Å². The summed E-state index contributed by atoms with van der Waals surface area (Å²) in [5.41, 5.74) is 4.28. The van der Waals surface area contributed by atoms with Crippen molar-refractivity contribution in [2.75, 3.05) is 0 Å². The molecule has 0 aromatic carbocycles. The maximum Gasteiger partial charge on any atom is -0.00544 e. The third-order valence-corrected chi connectivity index (χ3v) is 13.5. The Hall–Kier alpha value is -0.260. The van der Waals surface area contributed by atoms with Gasteiger partial charge in [-0.3, -0.25) is 0 Å². The van der Waals surface area contributed by atoms with Crippen LogP contribution >= 0.6 is 0 Å². The van der Waals surface area contributed by atoms with Crippen LogP contribution in [-0.4, -0.2) is 0 Å². The predicted octanol–water partition coefficient (Wildman–Crippen LogP) is 10.6. The summed E-state index contributed by atoms with van der Waals surface area (Å²) in [4.78, 5) is 0. The van der Waals surface area contributed by atoms with E-state index in [-0.39, 0.29) is 0 Å². The first kappa shape index (κ1) is 25.8. The average Bonchev–Trinajstić information content (AvgIpc) is 3.08. The van der Waals surface area contributed by atoms with Crippen LogP contribution in [0.4, 0.5) is 0 Å². The van der Waals surface area contributed by atoms with Gasteiger partial charge in [-0.25, -0.2) is 0 Å². The molecule has 190 valence electrons. The second-order valence-electron chi connectivity index (χ2n) is 14.7. The first-order valence-corrected chi connectivity index (χ1v) is 15.2. The molecule has 0 heteroatoms. The molecule has 33 heavy (non-hydrogen) atoms. The average molecular weight is 455 g/mol. The molecular formula is C33H58. The van der Waals surface area contributed by atoms with Crippen LogP contribution in [0.5, 0.6) is 0 Å². The van der Waals surface area contributed by atoms with E-state index in [0.29, 0.717) is 27.1 Å². The van der Waals surface area contributed by atoms with Crippen LogP contribution in [0.2, 0.25) is 0 Å². The summed E-state index contributed by atoms with van der Waals surface area (Å²) in [6, 6.07) is 0. The molecule has 0 aromatic rings. The van der Waals surface area contributed by atoms with E-state index in [1.165, 1.54) is 83.5 Å². The van der Waals surface area contributed by atoms with Gasteiger partial charge in [0.05, 0.1) is 0 Å². The molecule has 0 nitrogen and oxygen atoms in total. The van der Waals surface area contributed by atoms with E-state index < -0.39 is 0 Å². The topological polar surface area (TPSA) is 0 Å². The summed E-state index contributed by atoms with van der Waals surface area (Å²) < 4.78 is 0. The lowest BCUT2D eigenvalue weighted by Gasteiger charge is -2.75. The molecule has 0 aliphatic heterocycles. The number of hydrogen-bond donors (Lipinski definition) is 0. The van der Waals surface area contributed by atoms with E-state index in [9.17, 15) is 0 Å². The Labute approximate surface area is 208 Å². The van der Waals surface area contributed by atoms with Crippen molar-refractivity contribution >= 4 is 0 Å². The zero-order chi connectivity index (χ0) is 24.3. The second-order valence-corrected chi connectivity index (χ2v) is 14.7. The highest BCUT2D eigenvalue weighted by Crippen LogP contribution is 2.83. The van der Waals surface area contributed by atoms with E-state index in [2.05, 4.69) is 68.4 Å². The molecule has 4 rings (SSSR count). The molecule has 8 atom stereocenters. The summed E-state index contributed by atoms with van der Waals surface area (Å²) in [5, 5.41) is 0. The predicted molar refractivity (Wildman–Crippen MR) is 145 cm³/mol. The van der Waals surface area contributed by atoms with Gasteiger partial charge in [-0.1, -0.05) is 93.2 Å². The highest BCUT2D eigenvalue weighted by atomic mass is 14.8. The first-order chi connectivity index (χ1) is 15.5. The number of allylic oxidation sites excluding steroid dienone is 2. The quantitative estimate of drug-likeness (QED) is 0.335. The summed E-state index contributed by atoms with van der Waals surface area (Å²) in [6.45, 7) is 23.4. The van der Waals surface area contributed by atoms with Gasteiger partial charge in [0, 0.05) is 0 Å². The zero-order valence-electron chi connectivity index (χ0n) is 24.1. The number of rotatable bonds is 7. The van der Waals surface area contributed by atoms with Crippen molar-refractivity contribution in [3.05, 3.63) is 11.6 Å². The Morgan fingerprint density at radius 1 is 0.879 bits per heavy atom. The minimum Gasteiger partial charge on any atom is -0.0842 e. The standard InChI is InChI=1S/C33H58/c1-10-32-20-17-28(26(6)14-12-13-24(3)4)30(32,8)21-22-33(11-2)29(7)18-15-25(5)23-27(29)16-19-31(32,33)9/h16,24-26,28H,10-15,17-23H2,1-9H3/t25-,26+,28+,29-,30+,31-,32+,33+/m0/s1. The molecule has 0 heterocycles. The smallest absolute Gasteiger partial charge is 0.00544 e. The Morgan fingerprint density at radius 2 is 1.58 bits per heavy atom. The SMILES string of the molecule is CC[C@]12CC[C@]3(C)[C@@H]([C@H](C)CCCC(C)C)CC[C@@]3(CC)[C@]1(C)CC=C1C[C@@H](C)CC[C@@]12C. The fourth-order valence-electron chi connectivity index (χ4n) is 11.6. The molecule has 0 N–H and O–H groups in total. The summed E-state index contributed by atoms with van der Waals surface area (Å²) >= 11 is 0. The third kappa shape index (κ3) is 3.26. The van der Waals surface area contributed by atoms with Crippen molar-refractivity contribution in [3.63, 3.8) is 0 Å². The molecule has 3 saturated carbocycles. The van der Waals surface area contributed by atoms with Crippen molar-refractivity contribution in [3.8, 4) is 0 Å². The van der Waals surface area contributed by atoms with Crippen LogP contribution in [0.15, 0.2) is 11.6 Å². The maximum atomic E-state index is 2.82. The third-order valence-electron chi connectivity index (χ3n) is 13.5. The van der Waals surface area contributed by atoms with Gasteiger partial charge in [0.15, 0.2) is 0 Å². The minimum absolute atomic E-state index is 0.436. The molecule has 0 spiro atoms. The Morgan fingerprint density at radius 3 is 2.21 bits per heavy atom. The monoisotopic (exact) mass is 454 g/mol. The minimum atomic E-state index is 0.436. The van der Waals surface area contributed by atoms with Gasteiger partial charge >= 0.3 is 0 Å². The van der Waals surface area contributed by atoms with E-state index in [4.69, 9.17) is 0 Å². The fraction of sp³-hybridized carbons (Fsp3) is 0.939. The normalized spacial score (nSPS) is 48.1. The van der Waals surface area contributed by atoms with Crippen molar-refractivity contribution in [1.29, 1.82) is 0 Å². The van der Waals surface area contributed by atoms with Crippen LogP contribution in [-0.2, 0) is 0 Å². The first-order valence-electron chi connectivity index (χ1n) is 15.2. The van der Waals surface area contributed by atoms with Gasteiger partial charge in [0.25, 0.3) is 0 Å². The van der Waals surface area contributed by atoms with Gasteiger partial charge in [0.1, 0.15) is 0 Å².